The van der Waals surface area contributed by atoms with Crippen molar-refractivity contribution in [3.63, 3.8) is 0 Å². The van der Waals surface area contributed by atoms with Crippen molar-refractivity contribution in [2.45, 2.75) is 13.2 Å². The Balaban J connectivity index is 2.11. The number of nitrogen functional groups attached to an aromatic ring is 1. The minimum absolute atomic E-state index is 0.130. The van der Waals surface area contributed by atoms with E-state index in [1.54, 1.807) is 12.3 Å². The highest BCUT2D eigenvalue weighted by atomic mass is 16.3. The molecule has 0 aliphatic rings. The Bertz CT molecular complexity index is 708. The fourth-order valence-electron chi connectivity index (χ4n) is 2.07. The van der Waals surface area contributed by atoms with Gasteiger partial charge in [-0.25, -0.2) is 4.98 Å². The van der Waals surface area contributed by atoms with Gasteiger partial charge in [0.1, 0.15) is 12.4 Å². The summed E-state index contributed by atoms with van der Waals surface area (Å²) in [4.78, 5) is 4.37. The fourth-order valence-corrected chi connectivity index (χ4v) is 2.07. The van der Waals surface area contributed by atoms with Gasteiger partial charge in [0.05, 0.1) is 23.3 Å². The second kappa shape index (κ2) is 4.66. The molecule has 0 unspecified atom stereocenters. The maximum absolute atomic E-state index is 9.42. The van der Waals surface area contributed by atoms with Crippen molar-refractivity contribution in [3.8, 4) is 0 Å². The molecular weight excluding hydrogens is 242 g/mol. The smallest absolute Gasteiger partial charge is 0.136 e. The molecule has 0 saturated carbocycles. The molecule has 6 nitrogen and oxygen atoms in total. The fraction of sp³-hybridized carbons (Fsp3) is 0.154. The average molecular weight is 255 g/mol. The van der Waals surface area contributed by atoms with Gasteiger partial charge in [-0.3, -0.25) is 0 Å². The first-order chi connectivity index (χ1) is 9.28. The normalized spacial score (nSPS) is 11.0. The minimum Gasteiger partial charge on any atom is -0.399 e. The maximum atomic E-state index is 9.42. The first kappa shape index (κ1) is 11.6. The topological polar surface area (TPSA) is 89.8 Å². The van der Waals surface area contributed by atoms with Gasteiger partial charge in [0.15, 0.2) is 0 Å². The van der Waals surface area contributed by atoms with Gasteiger partial charge in [0, 0.05) is 11.9 Å². The molecule has 19 heavy (non-hydrogen) atoms. The molecule has 2 heterocycles. The first-order valence-electron chi connectivity index (χ1n) is 5.90. The van der Waals surface area contributed by atoms with Gasteiger partial charge in [-0.1, -0.05) is 0 Å². The Labute approximate surface area is 109 Å². The number of rotatable bonds is 3. The summed E-state index contributed by atoms with van der Waals surface area (Å²) in [6.45, 7) is 0.388. The molecule has 3 aromatic rings. The van der Waals surface area contributed by atoms with Gasteiger partial charge < -0.3 is 15.4 Å². The predicted octanol–water partition coefficient (Wildman–Crippen LogP) is 0.949. The summed E-state index contributed by atoms with van der Waals surface area (Å²) in [7, 11) is 0. The number of hydrogen-bond donors (Lipinski definition) is 2. The number of hydrogen-bond acceptors (Lipinski definition) is 5. The van der Waals surface area contributed by atoms with Gasteiger partial charge in [0.25, 0.3) is 0 Å². The third kappa shape index (κ3) is 2.13. The molecule has 6 heteroatoms. The molecular formula is C13H13N5O. The Morgan fingerprint density at radius 1 is 1.26 bits per heavy atom. The molecule has 0 spiro atoms. The van der Waals surface area contributed by atoms with Crippen LogP contribution in [0.3, 0.4) is 0 Å². The van der Waals surface area contributed by atoms with Crippen LogP contribution in [0.4, 0.5) is 5.69 Å². The Morgan fingerprint density at radius 2 is 2.16 bits per heavy atom. The van der Waals surface area contributed by atoms with E-state index in [4.69, 9.17) is 5.73 Å². The molecule has 3 rings (SSSR count). The lowest BCUT2D eigenvalue weighted by Crippen LogP contribution is -2.06. The van der Waals surface area contributed by atoms with Gasteiger partial charge in [0.2, 0.25) is 0 Å². The number of aliphatic hydroxyl groups is 1. The van der Waals surface area contributed by atoms with Crippen molar-refractivity contribution in [3.05, 3.63) is 48.0 Å². The number of nitrogens with zero attached hydrogens (tertiary/aromatic N) is 4. The molecule has 0 aliphatic heterocycles. The van der Waals surface area contributed by atoms with E-state index in [1.807, 2.05) is 28.8 Å². The molecule has 0 radical (unpaired) electrons. The third-order valence-electron chi connectivity index (χ3n) is 2.94. The zero-order valence-electron chi connectivity index (χ0n) is 10.2. The molecule has 2 aromatic heterocycles. The summed E-state index contributed by atoms with van der Waals surface area (Å²) in [5.41, 5.74) is 8.90. The summed E-state index contributed by atoms with van der Waals surface area (Å²) in [6, 6.07) is 9.22. The molecule has 0 aliphatic carbocycles. The largest absolute Gasteiger partial charge is 0.399 e. The molecule has 1 aromatic carbocycles. The summed E-state index contributed by atoms with van der Waals surface area (Å²) < 4.78 is 1.92. The second-order valence-electron chi connectivity index (χ2n) is 4.24. The van der Waals surface area contributed by atoms with Crippen LogP contribution in [-0.2, 0) is 13.2 Å². The molecule has 0 bridgehead atoms. The molecule has 0 saturated heterocycles. The van der Waals surface area contributed by atoms with Crippen LogP contribution in [0.2, 0.25) is 0 Å². The van der Waals surface area contributed by atoms with Crippen molar-refractivity contribution in [2.75, 3.05) is 5.73 Å². The lowest BCUT2D eigenvalue weighted by atomic mass is 10.3. The Hall–Kier alpha value is -2.47. The second-order valence-corrected chi connectivity index (χ2v) is 4.24. The number of fused-ring (bicyclic) bond motifs is 1. The highest BCUT2D eigenvalue weighted by molar-refractivity contribution is 5.79. The first-order valence-corrected chi connectivity index (χ1v) is 5.90. The summed E-state index contributed by atoms with van der Waals surface area (Å²) in [6.07, 6.45) is 1.63. The van der Waals surface area contributed by atoms with Gasteiger partial charge in [-0.2, -0.15) is 10.2 Å². The maximum Gasteiger partial charge on any atom is 0.136 e. The Morgan fingerprint density at radius 3 is 2.89 bits per heavy atom. The van der Waals surface area contributed by atoms with Gasteiger partial charge >= 0.3 is 0 Å². The number of aliphatic hydroxyl groups excluding tert-OH is 1. The number of benzene rings is 1. The van der Waals surface area contributed by atoms with E-state index in [0.717, 1.165) is 16.7 Å². The van der Waals surface area contributed by atoms with Crippen molar-refractivity contribution in [1.82, 2.24) is 19.7 Å². The quantitative estimate of drug-likeness (QED) is 0.680. The van der Waals surface area contributed by atoms with E-state index in [1.165, 1.54) is 0 Å². The van der Waals surface area contributed by atoms with Crippen molar-refractivity contribution < 1.29 is 5.11 Å². The van der Waals surface area contributed by atoms with Crippen LogP contribution >= 0.6 is 0 Å². The zero-order chi connectivity index (χ0) is 13.2. The van der Waals surface area contributed by atoms with E-state index >= 15 is 0 Å². The lowest BCUT2D eigenvalue weighted by molar-refractivity contribution is 0.267. The third-order valence-corrected chi connectivity index (χ3v) is 2.94. The van der Waals surface area contributed by atoms with Crippen LogP contribution in [0.1, 0.15) is 11.5 Å². The van der Waals surface area contributed by atoms with E-state index in [9.17, 15) is 5.11 Å². The van der Waals surface area contributed by atoms with Crippen LogP contribution in [-0.4, -0.2) is 24.9 Å². The number of nitrogens with two attached hydrogens (primary N) is 1. The average Bonchev–Trinajstić information content (AvgIpc) is 2.77. The number of anilines is 1. The SMILES string of the molecule is Nc1ccc2c(c1)nc(CO)n2Cc1cccnn1. The van der Waals surface area contributed by atoms with Crippen LogP contribution in [0.25, 0.3) is 11.0 Å². The zero-order valence-corrected chi connectivity index (χ0v) is 10.2. The van der Waals surface area contributed by atoms with Crippen LogP contribution in [0.15, 0.2) is 36.5 Å². The summed E-state index contributed by atoms with van der Waals surface area (Å²) in [5.74, 6) is 0.589. The van der Waals surface area contributed by atoms with E-state index in [0.29, 0.717) is 18.1 Å². The molecule has 0 amide bonds. The molecule has 3 N–H and O–H groups in total. The minimum atomic E-state index is -0.130. The summed E-state index contributed by atoms with van der Waals surface area (Å²) in [5, 5.41) is 17.3. The van der Waals surface area contributed by atoms with Crippen molar-refractivity contribution in [1.29, 1.82) is 0 Å². The molecule has 96 valence electrons. The molecule has 0 atom stereocenters. The van der Waals surface area contributed by atoms with Gasteiger partial charge in [-0.15, -0.1) is 0 Å². The lowest BCUT2D eigenvalue weighted by Gasteiger charge is -2.06. The number of imidazole rings is 1. The monoisotopic (exact) mass is 255 g/mol. The Kier molecular flexibility index (Phi) is 2.85. The van der Waals surface area contributed by atoms with E-state index < -0.39 is 0 Å². The van der Waals surface area contributed by atoms with E-state index in [-0.39, 0.29) is 6.61 Å². The van der Waals surface area contributed by atoms with Crippen LogP contribution in [0, 0.1) is 0 Å². The highest BCUT2D eigenvalue weighted by Gasteiger charge is 2.11. The standard InChI is InChI=1S/C13H13N5O/c14-9-3-4-12-11(6-9)16-13(8-19)18(12)7-10-2-1-5-15-17-10/h1-6,19H,7-8,14H2. The predicted molar refractivity (Wildman–Crippen MR) is 71.2 cm³/mol. The summed E-state index contributed by atoms with van der Waals surface area (Å²) >= 11 is 0. The highest BCUT2D eigenvalue weighted by Crippen LogP contribution is 2.20. The van der Waals surface area contributed by atoms with Crippen molar-refractivity contribution >= 4 is 16.7 Å². The molecule has 0 fully saturated rings. The number of aromatic nitrogens is 4. The van der Waals surface area contributed by atoms with E-state index in [2.05, 4.69) is 15.2 Å². The van der Waals surface area contributed by atoms with Crippen molar-refractivity contribution in [2.24, 2.45) is 0 Å². The van der Waals surface area contributed by atoms with Crippen LogP contribution in [0.5, 0.6) is 0 Å². The van der Waals surface area contributed by atoms with Gasteiger partial charge in [-0.05, 0) is 30.3 Å². The van der Waals surface area contributed by atoms with Crippen LogP contribution < -0.4 is 5.73 Å².